The summed E-state index contributed by atoms with van der Waals surface area (Å²) in [6.45, 7) is 0.126. The number of carbonyl (C=O) groups is 4. The van der Waals surface area contributed by atoms with Crippen molar-refractivity contribution < 1.29 is 19.2 Å². The normalized spacial score (nSPS) is 13.2. The first-order valence-electron chi connectivity index (χ1n) is 8.48. The van der Waals surface area contributed by atoms with Crippen LogP contribution in [0.1, 0.15) is 16.8 Å². The summed E-state index contributed by atoms with van der Waals surface area (Å²) < 4.78 is 0.874. The third-order valence-corrected chi connectivity index (χ3v) is 4.50. The molecule has 0 aliphatic carbocycles. The maximum Gasteiger partial charge on any atom is 0.329 e. The number of rotatable bonds is 6. The smallest absolute Gasteiger partial charge is 0.329 e. The van der Waals surface area contributed by atoms with E-state index in [0.717, 1.165) is 9.37 Å². The Labute approximate surface area is 169 Å². The Morgan fingerprint density at radius 3 is 2.54 bits per heavy atom. The van der Waals surface area contributed by atoms with Crippen molar-refractivity contribution in [1.82, 2.24) is 10.6 Å². The van der Waals surface area contributed by atoms with E-state index in [0.29, 0.717) is 16.9 Å². The highest BCUT2D eigenvalue weighted by atomic mass is 79.9. The minimum Gasteiger partial charge on any atom is -0.352 e. The van der Waals surface area contributed by atoms with Gasteiger partial charge in [-0.15, -0.1) is 0 Å². The van der Waals surface area contributed by atoms with E-state index in [1.807, 2.05) is 0 Å². The highest BCUT2D eigenvalue weighted by Gasteiger charge is 2.30. The minimum atomic E-state index is -0.496. The fourth-order valence-electron chi connectivity index (χ4n) is 2.62. The van der Waals surface area contributed by atoms with Gasteiger partial charge in [0, 0.05) is 28.7 Å². The lowest BCUT2D eigenvalue weighted by molar-refractivity contribution is -0.116. The number of amides is 5. The van der Waals surface area contributed by atoms with Crippen molar-refractivity contribution >= 4 is 51.1 Å². The van der Waals surface area contributed by atoms with Crippen LogP contribution in [-0.2, 0) is 9.59 Å². The molecule has 0 aromatic heterocycles. The summed E-state index contributed by atoms with van der Waals surface area (Å²) in [5.41, 5.74) is 1.33. The SMILES string of the molecule is O=C(CCNC(=O)c1ccc(Br)cc1)Nc1cccc(N2C(=O)CNC2=O)c1. The maximum absolute atomic E-state index is 12.1. The van der Waals surface area contributed by atoms with Gasteiger partial charge >= 0.3 is 6.03 Å². The van der Waals surface area contributed by atoms with Crippen molar-refractivity contribution in [2.24, 2.45) is 0 Å². The van der Waals surface area contributed by atoms with E-state index >= 15 is 0 Å². The van der Waals surface area contributed by atoms with Crippen LogP contribution in [0, 0.1) is 0 Å². The topological polar surface area (TPSA) is 108 Å². The highest BCUT2D eigenvalue weighted by molar-refractivity contribution is 9.10. The zero-order valence-electron chi connectivity index (χ0n) is 14.7. The quantitative estimate of drug-likeness (QED) is 0.593. The average Bonchev–Trinajstić information content (AvgIpc) is 3.00. The molecule has 5 amide bonds. The van der Waals surface area contributed by atoms with Crippen LogP contribution >= 0.6 is 15.9 Å². The van der Waals surface area contributed by atoms with Crippen molar-refractivity contribution in [3.63, 3.8) is 0 Å². The van der Waals surface area contributed by atoms with Gasteiger partial charge in [0.1, 0.15) is 0 Å². The van der Waals surface area contributed by atoms with Crippen LogP contribution in [0.25, 0.3) is 0 Å². The fourth-order valence-corrected chi connectivity index (χ4v) is 2.89. The summed E-state index contributed by atoms with van der Waals surface area (Å²) in [5, 5.41) is 7.81. The number of imide groups is 1. The molecule has 1 heterocycles. The van der Waals surface area contributed by atoms with E-state index in [1.165, 1.54) is 0 Å². The van der Waals surface area contributed by atoms with E-state index in [9.17, 15) is 19.2 Å². The number of anilines is 2. The van der Waals surface area contributed by atoms with Crippen molar-refractivity contribution in [2.75, 3.05) is 23.3 Å². The van der Waals surface area contributed by atoms with Crippen LogP contribution in [0.15, 0.2) is 53.0 Å². The molecule has 8 nitrogen and oxygen atoms in total. The number of hydrogen-bond acceptors (Lipinski definition) is 4. The fraction of sp³-hybridized carbons (Fsp3) is 0.158. The molecule has 0 unspecified atom stereocenters. The van der Waals surface area contributed by atoms with Gasteiger partial charge in [0.25, 0.3) is 11.8 Å². The van der Waals surface area contributed by atoms with Crippen LogP contribution in [0.2, 0.25) is 0 Å². The molecule has 0 atom stereocenters. The Bertz CT molecular complexity index is 914. The number of benzene rings is 2. The molecule has 1 fully saturated rings. The maximum atomic E-state index is 12.1. The molecule has 3 rings (SSSR count). The van der Waals surface area contributed by atoms with Gasteiger partial charge < -0.3 is 16.0 Å². The van der Waals surface area contributed by atoms with Gasteiger partial charge in [-0.25, -0.2) is 9.69 Å². The van der Waals surface area contributed by atoms with Gasteiger partial charge in [-0.05, 0) is 42.5 Å². The molecule has 144 valence electrons. The molecule has 0 bridgehead atoms. The lowest BCUT2D eigenvalue weighted by Crippen LogP contribution is -2.30. The molecular weight excluding hydrogens is 428 g/mol. The van der Waals surface area contributed by atoms with E-state index < -0.39 is 6.03 Å². The summed E-state index contributed by atoms with van der Waals surface area (Å²) >= 11 is 3.30. The molecule has 0 saturated carbocycles. The molecule has 2 aromatic carbocycles. The molecule has 0 spiro atoms. The molecule has 0 radical (unpaired) electrons. The monoisotopic (exact) mass is 444 g/mol. The molecular formula is C19H17BrN4O4. The molecule has 1 aliphatic heterocycles. The third kappa shape index (κ3) is 4.74. The largest absolute Gasteiger partial charge is 0.352 e. The zero-order valence-corrected chi connectivity index (χ0v) is 16.3. The first-order chi connectivity index (χ1) is 13.4. The summed E-state index contributed by atoms with van der Waals surface area (Å²) in [5.74, 6) is -0.921. The second-order valence-corrected chi connectivity index (χ2v) is 6.91. The Kier molecular flexibility index (Phi) is 6.05. The molecule has 2 aromatic rings. The van der Waals surface area contributed by atoms with Crippen LogP contribution in [0.4, 0.5) is 16.2 Å². The van der Waals surface area contributed by atoms with E-state index in [-0.39, 0.29) is 37.2 Å². The summed E-state index contributed by atoms with van der Waals surface area (Å²) in [6.07, 6.45) is 0.0790. The Morgan fingerprint density at radius 1 is 1.11 bits per heavy atom. The van der Waals surface area contributed by atoms with Crippen LogP contribution < -0.4 is 20.9 Å². The number of nitrogens with zero attached hydrogens (tertiary/aromatic N) is 1. The number of carbonyl (C=O) groups excluding carboxylic acids is 4. The van der Waals surface area contributed by atoms with E-state index in [4.69, 9.17) is 0 Å². The Hall–Kier alpha value is -3.20. The lowest BCUT2D eigenvalue weighted by atomic mass is 10.2. The number of nitrogens with one attached hydrogen (secondary N) is 3. The van der Waals surface area contributed by atoms with Crippen molar-refractivity contribution in [1.29, 1.82) is 0 Å². The summed E-state index contributed by atoms with van der Waals surface area (Å²) in [7, 11) is 0. The van der Waals surface area contributed by atoms with Crippen LogP contribution in [-0.4, -0.2) is 36.8 Å². The number of urea groups is 1. The van der Waals surface area contributed by atoms with Gasteiger partial charge in [-0.2, -0.15) is 0 Å². The first kappa shape index (κ1) is 19.6. The molecule has 28 heavy (non-hydrogen) atoms. The molecule has 1 saturated heterocycles. The second-order valence-electron chi connectivity index (χ2n) is 6.00. The van der Waals surface area contributed by atoms with Gasteiger partial charge in [0.15, 0.2) is 0 Å². The van der Waals surface area contributed by atoms with Crippen LogP contribution in [0.3, 0.4) is 0 Å². The van der Waals surface area contributed by atoms with Gasteiger partial charge in [0.2, 0.25) is 5.91 Å². The van der Waals surface area contributed by atoms with Gasteiger partial charge in [-0.1, -0.05) is 22.0 Å². The van der Waals surface area contributed by atoms with Crippen molar-refractivity contribution in [2.45, 2.75) is 6.42 Å². The van der Waals surface area contributed by atoms with E-state index in [2.05, 4.69) is 31.9 Å². The number of halogens is 1. The predicted octanol–water partition coefficient (Wildman–Crippen LogP) is 2.26. The van der Waals surface area contributed by atoms with Crippen molar-refractivity contribution in [3.05, 3.63) is 58.6 Å². The van der Waals surface area contributed by atoms with Gasteiger partial charge in [0.05, 0.1) is 12.2 Å². The first-order valence-corrected chi connectivity index (χ1v) is 9.28. The Balaban J connectivity index is 1.52. The number of hydrogen-bond donors (Lipinski definition) is 3. The summed E-state index contributed by atoms with van der Waals surface area (Å²) in [4.78, 5) is 48.6. The molecule has 9 heteroatoms. The predicted molar refractivity (Wildman–Crippen MR) is 107 cm³/mol. The lowest BCUT2D eigenvalue weighted by Gasteiger charge is -2.14. The molecule has 1 aliphatic rings. The minimum absolute atomic E-state index is 0.0481. The standard InChI is InChI=1S/C19H17BrN4O4/c20-13-6-4-12(5-7-13)18(27)21-9-8-16(25)23-14-2-1-3-15(10-14)24-17(26)11-22-19(24)28/h1-7,10H,8-9,11H2,(H,21,27)(H,22,28)(H,23,25). The highest BCUT2D eigenvalue weighted by Crippen LogP contribution is 2.21. The van der Waals surface area contributed by atoms with Crippen molar-refractivity contribution in [3.8, 4) is 0 Å². The summed E-state index contributed by atoms with van der Waals surface area (Å²) in [6, 6.07) is 12.8. The third-order valence-electron chi connectivity index (χ3n) is 3.98. The van der Waals surface area contributed by atoms with E-state index in [1.54, 1.807) is 48.5 Å². The van der Waals surface area contributed by atoms with Crippen LogP contribution in [0.5, 0.6) is 0 Å². The molecule has 3 N–H and O–H groups in total. The Morgan fingerprint density at radius 2 is 1.86 bits per heavy atom. The second kappa shape index (κ2) is 8.66. The zero-order chi connectivity index (χ0) is 20.1. The average molecular weight is 445 g/mol. The van der Waals surface area contributed by atoms with Gasteiger partial charge in [-0.3, -0.25) is 14.4 Å².